The molecule has 0 saturated carbocycles. The van der Waals surface area contributed by atoms with Crippen molar-refractivity contribution >= 4 is 40.6 Å². The van der Waals surface area contributed by atoms with Crippen molar-refractivity contribution in [2.45, 2.75) is 13.8 Å². The Kier molecular flexibility index (Phi) is 7.36. The SMILES string of the molecule is CCN(c1cccc(C)c1)c1ncnc(Nc2cc(C(=O)OC)cc(C(=O)OC)c2)c1[N+](=O)[O-]. The summed E-state index contributed by atoms with van der Waals surface area (Å²) < 4.78 is 9.47. The number of nitrogens with one attached hydrogen (secondary N) is 1. The van der Waals surface area contributed by atoms with E-state index in [0.717, 1.165) is 11.3 Å². The van der Waals surface area contributed by atoms with Gasteiger partial charge in [-0.15, -0.1) is 0 Å². The molecule has 0 radical (unpaired) electrons. The number of hydrogen-bond donors (Lipinski definition) is 1. The molecule has 1 heterocycles. The lowest BCUT2D eigenvalue weighted by molar-refractivity contribution is -0.383. The molecule has 0 aliphatic heterocycles. The Morgan fingerprint density at radius 1 is 1.06 bits per heavy atom. The van der Waals surface area contributed by atoms with Gasteiger partial charge in [0.25, 0.3) is 0 Å². The standard InChI is InChI=1S/C23H23N5O6/c1-5-27(18-8-6-7-14(2)9-18)21-19(28(31)32)20(24-13-25-21)26-17-11-15(22(29)33-3)10-16(12-17)23(30)34-4/h6-13H,5H2,1-4H3,(H,24,25,26). The van der Waals surface area contributed by atoms with E-state index in [-0.39, 0.29) is 34.1 Å². The minimum Gasteiger partial charge on any atom is -0.465 e. The Labute approximate surface area is 195 Å². The Morgan fingerprint density at radius 2 is 1.71 bits per heavy atom. The van der Waals surface area contributed by atoms with Crippen LogP contribution in [-0.4, -0.2) is 47.6 Å². The van der Waals surface area contributed by atoms with E-state index >= 15 is 0 Å². The molecule has 0 amide bonds. The molecule has 0 saturated heterocycles. The monoisotopic (exact) mass is 465 g/mol. The van der Waals surface area contributed by atoms with Gasteiger partial charge in [0, 0.05) is 17.9 Å². The number of carbonyl (C=O) groups is 2. The van der Waals surface area contributed by atoms with Crippen LogP contribution >= 0.6 is 0 Å². The topological polar surface area (TPSA) is 137 Å². The van der Waals surface area contributed by atoms with Crippen molar-refractivity contribution in [2.24, 2.45) is 0 Å². The zero-order valence-corrected chi connectivity index (χ0v) is 19.1. The summed E-state index contributed by atoms with van der Waals surface area (Å²) in [6.45, 7) is 4.18. The number of hydrogen-bond acceptors (Lipinski definition) is 10. The van der Waals surface area contributed by atoms with E-state index < -0.39 is 16.9 Å². The van der Waals surface area contributed by atoms with Crippen molar-refractivity contribution in [2.75, 3.05) is 31.0 Å². The summed E-state index contributed by atoms with van der Waals surface area (Å²) in [7, 11) is 2.40. The van der Waals surface area contributed by atoms with Gasteiger partial charge in [-0.1, -0.05) is 12.1 Å². The molecular weight excluding hydrogens is 442 g/mol. The van der Waals surface area contributed by atoms with Crippen LogP contribution < -0.4 is 10.2 Å². The molecule has 2 aromatic carbocycles. The Balaban J connectivity index is 2.12. The molecule has 0 fully saturated rings. The highest BCUT2D eigenvalue weighted by Gasteiger charge is 2.28. The van der Waals surface area contributed by atoms with E-state index in [9.17, 15) is 19.7 Å². The van der Waals surface area contributed by atoms with E-state index in [1.54, 1.807) is 4.90 Å². The highest BCUT2D eigenvalue weighted by atomic mass is 16.6. The number of carbonyl (C=O) groups excluding carboxylic acids is 2. The van der Waals surface area contributed by atoms with Crippen LogP contribution in [0.25, 0.3) is 0 Å². The average molecular weight is 465 g/mol. The molecule has 0 bridgehead atoms. The highest BCUT2D eigenvalue weighted by molar-refractivity contribution is 5.97. The van der Waals surface area contributed by atoms with Crippen LogP contribution in [0.5, 0.6) is 0 Å². The molecule has 0 aliphatic carbocycles. The molecule has 176 valence electrons. The number of aromatic nitrogens is 2. The lowest BCUT2D eigenvalue weighted by atomic mass is 10.1. The van der Waals surface area contributed by atoms with Crippen LogP contribution in [-0.2, 0) is 9.47 Å². The van der Waals surface area contributed by atoms with Gasteiger partial charge in [0.15, 0.2) is 0 Å². The lowest BCUT2D eigenvalue weighted by Gasteiger charge is -2.22. The van der Waals surface area contributed by atoms with Gasteiger partial charge in [-0.2, -0.15) is 0 Å². The van der Waals surface area contributed by atoms with Gasteiger partial charge in [-0.05, 0) is 49.7 Å². The summed E-state index contributed by atoms with van der Waals surface area (Å²) in [4.78, 5) is 45.6. The highest BCUT2D eigenvalue weighted by Crippen LogP contribution is 2.37. The molecule has 0 unspecified atom stereocenters. The quantitative estimate of drug-likeness (QED) is 0.293. The number of aryl methyl sites for hydroxylation is 1. The van der Waals surface area contributed by atoms with Gasteiger partial charge in [0.05, 0.1) is 30.3 Å². The first-order valence-electron chi connectivity index (χ1n) is 10.2. The molecule has 11 nitrogen and oxygen atoms in total. The lowest BCUT2D eigenvalue weighted by Crippen LogP contribution is -2.20. The second kappa shape index (κ2) is 10.4. The first-order chi connectivity index (χ1) is 16.3. The summed E-state index contributed by atoms with van der Waals surface area (Å²) >= 11 is 0. The van der Waals surface area contributed by atoms with Gasteiger partial charge in [0.2, 0.25) is 11.6 Å². The third kappa shape index (κ3) is 5.09. The van der Waals surface area contributed by atoms with Crippen LogP contribution in [0.15, 0.2) is 48.8 Å². The Morgan fingerprint density at radius 3 is 2.24 bits per heavy atom. The van der Waals surface area contributed by atoms with Crippen molar-refractivity contribution in [1.29, 1.82) is 0 Å². The maximum atomic E-state index is 12.1. The molecule has 0 aliphatic rings. The number of rotatable bonds is 8. The first kappa shape index (κ1) is 24.1. The van der Waals surface area contributed by atoms with E-state index in [2.05, 4.69) is 15.3 Å². The fourth-order valence-electron chi connectivity index (χ4n) is 3.38. The van der Waals surface area contributed by atoms with Crippen LogP contribution in [0, 0.1) is 17.0 Å². The Bertz CT molecular complexity index is 1210. The van der Waals surface area contributed by atoms with E-state index in [0.29, 0.717) is 6.54 Å². The van der Waals surface area contributed by atoms with Crippen molar-refractivity contribution in [1.82, 2.24) is 9.97 Å². The van der Waals surface area contributed by atoms with Crippen molar-refractivity contribution < 1.29 is 24.0 Å². The number of esters is 2. The zero-order chi connectivity index (χ0) is 24.8. The molecule has 3 aromatic rings. The summed E-state index contributed by atoms with van der Waals surface area (Å²) in [5.41, 5.74) is 1.67. The van der Waals surface area contributed by atoms with Crippen LogP contribution in [0.4, 0.5) is 28.7 Å². The number of nitro groups is 1. The molecule has 0 spiro atoms. The smallest absolute Gasteiger partial charge is 0.354 e. The first-order valence-corrected chi connectivity index (χ1v) is 10.2. The molecule has 34 heavy (non-hydrogen) atoms. The molecule has 0 atom stereocenters. The number of benzene rings is 2. The van der Waals surface area contributed by atoms with Gasteiger partial charge >= 0.3 is 17.6 Å². The summed E-state index contributed by atoms with van der Waals surface area (Å²) in [5, 5.41) is 14.9. The number of methoxy groups -OCH3 is 2. The fourth-order valence-corrected chi connectivity index (χ4v) is 3.38. The second-order valence-electron chi connectivity index (χ2n) is 7.14. The maximum absolute atomic E-state index is 12.1. The van der Waals surface area contributed by atoms with Crippen LogP contribution in [0.2, 0.25) is 0 Å². The number of nitrogens with zero attached hydrogens (tertiary/aromatic N) is 4. The van der Waals surface area contributed by atoms with E-state index in [1.165, 1.54) is 38.7 Å². The zero-order valence-electron chi connectivity index (χ0n) is 19.1. The fraction of sp³-hybridized carbons (Fsp3) is 0.217. The number of ether oxygens (including phenoxy) is 2. The van der Waals surface area contributed by atoms with E-state index in [4.69, 9.17) is 9.47 Å². The Hall–Kier alpha value is -4.54. The molecule has 1 N–H and O–H groups in total. The van der Waals surface area contributed by atoms with Gasteiger partial charge in [-0.3, -0.25) is 10.1 Å². The van der Waals surface area contributed by atoms with Gasteiger partial charge < -0.3 is 19.7 Å². The van der Waals surface area contributed by atoms with Crippen LogP contribution in [0.1, 0.15) is 33.2 Å². The minimum atomic E-state index is -0.691. The molecular formula is C23H23N5O6. The molecule has 1 aromatic heterocycles. The molecule has 3 rings (SSSR count). The van der Waals surface area contributed by atoms with Gasteiger partial charge in [-0.25, -0.2) is 19.6 Å². The number of anilines is 4. The maximum Gasteiger partial charge on any atom is 0.354 e. The summed E-state index contributed by atoms with van der Waals surface area (Å²) in [6, 6.07) is 11.6. The predicted octanol–water partition coefficient (Wildman–Crippen LogP) is 4.17. The molecule has 11 heteroatoms. The normalized spacial score (nSPS) is 10.4. The third-order valence-electron chi connectivity index (χ3n) is 4.91. The van der Waals surface area contributed by atoms with Crippen molar-refractivity contribution in [3.8, 4) is 0 Å². The summed E-state index contributed by atoms with van der Waals surface area (Å²) in [6.07, 6.45) is 1.20. The third-order valence-corrected chi connectivity index (χ3v) is 4.91. The average Bonchev–Trinajstić information content (AvgIpc) is 2.83. The second-order valence-corrected chi connectivity index (χ2v) is 7.14. The van der Waals surface area contributed by atoms with Crippen molar-refractivity contribution in [3.63, 3.8) is 0 Å². The summed E-state index contributed by atoms with van der Waals surface area (Å²) in [5.74, 6) is -1.40. The predicted molar refractivity (Wildman–Crippen MR) is 125 cm³/mol. The van der Waals surface area contributed by atoms with Crippen LogP contribution in [0.3, 0.4) is 0 Å². The minimum absolute atomic E-state index is 0.0554. The van der Waals surface area contributed by atoms with E-state index in [1.807, 2.05) is 38.1 Å². The largest absolute Gasteiger partial charge is 0.465 e. The van der Waals surface area contributed by atoms with Gasteiger partial charge in [0.1, 0.15) is 6.33 Å². The van der Waals surface area contributed by atoms with Crippen molar-refractivity contribution in [3.05, 3.63) is 75.6 Å².